The Kier molecular flexibility index (Phi) is 5.59. The molecular formula is C22H22N2O2S2. The molecular weight excluding hydrogens is 388 g/mol. The number of carbonyl (C=O) groups is 2. The number of thiophene rings is 2. The van der Waals surface area contributed by atoms with Crippen LogP contribution in [0.1, 0.15) is 38.5 Å². The molecule has 2 aromatic heterocycles. The molecule has 0 aliphatic carbocycles. The van der Waals surface area contributed by atoms with Crippen LogP contribution in [0.5, 0.6) is 0 Å². The van der Waals surface area contributed by atoms with E-state index in [1.807, 2.05) is 29.3 Å². The molecule has 3 aromatic rings. The minimum absolute atomic E-state index is 0.0219. The molecule has 0 bridgehead atoms. The van der Waals surface area contributed by atoms with Crippen LogP contribution in [0.3, 0.4) is 0 Å². The van der Waals surface area contributed by atoms with Gasteiger partial charge in [0.05, 0.1) is 12.1 Å². The highest BCUT2D eigenvalue weighted by Gasteiger charge is 2.23. The van der Waals surface area contributed by atoms with Crippen molar-refractivity contribution in [3.8, 4) is 0 Å². The zero-order chi connectivity index (χ0) is 19.5. The minimum atomic E-state index is -0.0416. The first-order valence-corrected chi connectivity index (χ1v) is 11.2. The molecule has 0 unspecified atom stereocenters. The first-order chi connectivity index (χ1) is 13.6. The third-order valence-corrected chi connectivity index (χ3v) is 6.99. The zero-order valence-corrected chi connectivity index (χ0v) is 17.4. The first-order valence-electron chi connectivity index (χ1n) is 9.43. The van der Waals surface area contributed by atoms with Crippen LogP contribution in [0.15, 0.2) is 47.2 Å². The van der Waals surface area contributed by atoms with Gasteiger partial charge in [-0.2, -0.15) is 0 Å². The van der Waals surface area contributed by atoms with E-state index < -0.39 is 0 Å². The highest BCUT2D eigenvalue weighted by Crippen LogP contribution is 2.32. The highest BCUT2D eigenvalue weighted by molar-refractivity contribution is 7.10. The van der Waals surface area contributed by atoms with Crippen LogP contribution in [-0.4, -0.2) is 18.4 Å². The van der Waals surface area contributed by atoms with E-state index in [0.717, 1.165) is 41.9 Å². The summed E-state index contributed by atoms with van der Waals surface area (Å²) in [4.78, 5) is 29.6. The van der Waals surface area contributed by atoms with Crippen molar-refractivity contribution in [2.24, 2.45) is 0 Å². The van der Waals surface area contributed by atoms with Crippen molar-refractivity contribution < 1.29 is 9.59 Å². The topological polar surface area (TPSA) is 49.4 Å². The molecule has 4 rings (SSSR count). The van der Waals surface area contributed by atoms with E-state index >= 15 is 0 Å². The molecule has 0 saturated carbocycles. The van der Waals surface area contributed by atoms with Gasteiger partial charge in [0.15, 0.2) is 0 Å². The maximum absolute atomic E-state index is 13.0. The van der Waals surface area contributed by atoms with E-state index in [4.69, 9.17) is 0 Å². The molecule has 1 N–H and O–H groups in total. The van der Waals surface area contributed by atoms with Gasteiger partial charge in [0.2, 0.25) is 5.91 Å². The number of aryl methyl sites for hydroxylation is 2. The summed E-state index contributed by atoms with van der Waals surface area (Å²) in [5.41, 5.74) is 3.55. The van der Waals surface area contributed by atoms with Gasteiger partial charge in [-0.25, -0.2) is 0 Å². The van der Waals surface area contributed by atoms with Crippen LogP contribution >= 0.6 is 22.7 Å². The van der Waals surface area contributed by atoms with E-state index in [-0.39, 0.29) is 11.8 Å². The highest BCUT2D eigenvalue weighted by atomic mass is 32.1. The van der Waals surface area contributed by atoms with Gasteiger partial charge < -0.3 is 10.2 Å². The maximum Gasteiger partial charge on any atom is 0.258 e. The van der Waals surface area contributed by atoms with Crippen LogP contribution in [0, 0.1) is 6.92 Å². The molecule has 28 heavy (non-hydrogen) atoms. The van der Waals surface area contributed by atoms with Crippen molar-refractivity contribution >= 4 is 45.9 Å². The summed E-state index contributed by atoms with van der Waals surface area (Å²) >= 11 is 3.32. The Morgan fingerprint density at radius 2 is 1.82 bits per heavy atom. The van der Waals surface area contributed by atoms with Crippen molar-refractivity contribution in [3.05, 3.63) is 68.0 Å². The lowest BCUT2D eigenvalue weighted by Crippen LogP contribution is -2.31. The van der Waals surface area contributed by atoms with Gasteiger partial charge in [-0.3, -0.25) is 9.59 Å². The average molecular weight is 411 g/mol. The number of rotatable bonds is 4. The molecule has 1 aliphatic rings. The predicted octanol–water partition coefficient (Wildman–Crippen LogP) is 5.28. The normalized spacial score (nSPS) is 13.7. The molecule has 2 amide bonds. The van der Waals surface area contributed by atoms with Gasteiger partial charge in [-0.05, 0) is 78.9 Å². The van der Waals surface area contributed by atoms with E-state index in [1.165, 1.54) is 4.88 Å². The molecule has 1 aliphatic heterocycles. The lowest BCUT2D eigenvalue weighted by molar-refractivity contribution is -0.115. The first kappa shape index (κ1) is 18.9. The lowest BCUT2D eigenvalue weighted by Gasteiger charge is -2.21. The average Bonchev–Trinajstić information content (AvgIpc) is 3.26. The molecule has 4 nitrogen and oxygen atoms in total. The fourth-order valence-corrected chi connectivity index (χ4v) is 5.26. The fraction of sp³-hybridized carbons (Fsp3) is 0.273. The van der Waals surface area contributed by atoms with Gasteiger partial charge in [0.1, 0.15) is 0 Å². The molecule has 1 aromatic carbocycles. The number of benzene rings is 1. The van der Waals surface area contributed by atoms with Crippen molar-refractivity contribution in [1.29, 1.82) is 0 Å². The number of hydrogen-bond donors (Lipinski definition) is 1. The lowest BCUT2D eigenvalue weighted by atomic mass is 10.1. The summed E-state index contributed by atoms with van der Waals surface area (Å²) in [7, 11) is 0. The Morgan fingerprint density at radius 3 is 2.57 bits per heavy atom. The molecule has 3 heterocycles. The number of nitrogens with zero attached hydrogens (tertiary/aromatic N) is 1. The van der Waals surface area contributed by atoms with Crippen LogP contribution in [0.4, 0.5) is 11.4 Å². The Morgan fingerprint density at radius 1 is 1.04 bits per heavy atom. The summed E-state index contributed by atoms with van der Waals surface area (Å²) in [6, 6.07) is 11.3. The third kappa shape index (κ3) is 4.03. The largest absolute Gasteiger partial charge is 0.326 e. The molecule has 0 fully saturated rings. The van der Waals surface area contributed by atoms with Crippen molar-refractivity contribution in [2.75, 3.05) is 16.8 Å². The molecule has 6 heteroatoms. The van der Waals surface area contributed by atoms with E-state index in [2.05, 4.69) is 10.7 Å². The Bertz CT molecular complexity index is 988. The second-order valence-corrected chi connectivity index (χ2v) is 8.97. The molecule has 0 radical (unpaired) electrons. The van der Waals surface area contributed by atoms with Gasteiger partial charge in [-0.15, -0.1) is 22.7 Å². The second-order valence-electron chi connectivity index (χ2n) is 6.97. The van der Waals surface area contributed by atoms with Gasteiger partial charge >= 0.3 is 0 Å². The number of anilines is 2. The smallest absolute Gasteiger partial charge is 0.258 e. The SMILES string of the molecule is Cc1ccsc1CC(=O)Nc1ccc(C(=O)N2CCCCc3sccc32)cc1. The number of nitrogens with one attached hydrogen (secondary N) is 1. The minimum Gasteiger partial charge on any atom is -0.326 e. The number of amides is 2. The van der Waals surface area contributed by atoms with Crippen molar-refractivity contribution in [1.82, 2.24) is 0 Å². The number of carbonyl (C=O) groups excluding carboxylic acids is 2. The summed E-state index contributed by atoms with van der Waals surface area (Å²) in [6.45, 7) is 2.77. The van der Waals surface area contributed by atoms with Gasteiger partial charge in [0, 0.05) is 27.5 Å². The summed E-state index contributed by atoms with van der Waals surface area (Å²) in [5.74, 6) is -0.0197. The molecule has 144 valence electrons. The van der Waals surface area contributed by atoms with Gasteiger partial charge in [-0.1, -0.05) is 0 Å². The third-order valence-electron chi connectivity index (χ3n) is 5.00. The Hall–Kier alpha value is -2.44. The van der Waals surface area contributed by atoms with Crippen molar-refractivity contribution in [3.63, 3.8) is 0 Å². The van der Waals surface area contributed by atoms with E-state index in [0.29, 0.717) is 17.7 Å². The predicted molar refractivity (Wildman–Crippen MR) is 117 cm³/mol. The zero-order valence-electron chi connectivity index (χ0n) is 15.7. The maximum atomic E-state index is 13.0. The summed E-state index contributed by atoms with van der Waals surface area (Å²) in [6.07, 6.45) is 3.56. The summed E-state index contributed by atoms with van der Waals surface area (Å²) in [5, 5.41) is 6.98. The standard InChI is InChI=1S/C22H22N2O2S2/c1-15-9-12-28-20(15)14-21(25)23-17-7-5-16(6-8-17)22(26)24-11-3-2-4-19-18(24)10-13-27-19/h5-10,12-13H,2-4,11,14H2,1H3,(H,23,25). The fourth-order valence-electron chi connectivity index (χ4n) is 3.44. The van der Waals surface area contributed by atoms with Crippen LogP contribution in [-0.2, 0) is 17.6 Å². The van der Waals surface area contributed by atoms with E-state index in [9.17, 15) is 9.59 Å². The number of hydrogen-bond acceptors (Lipinski definition) is 4. The van der Waals surface area contributed by atoms with Crippen LogP contribution in [0.25, 0.3) is 0 Å². The van der Waals surface area contributed by atoms with Crippen LogP contribution < -0.4 is 10.2 Å². The van der Waals surface area contributed by atoms with Crippen LogP contribution in [0.2, 0.25) is 0 Å². The Balaban J connectivity index is 1.44. The molecule has 0 atom stereocenters. The van der Waals surface area contributed by atoms with E-state index in [1.54, 1.807) is 46.9 Å². The molecule has 0 saturated heterocycles. The Labute approximate surface area is 172 Å². The second kappa shape index (κ2) is 8.29. The van der Waals surface area contributed by atoms with Crippen molar-refractivity contribution in [2.45, 2.75) is 32.6 Å². The quantitative estimate of drug-likeness (QED) is 0.636. The number of fused-ring (bicyclic) bond motifs is 1. The summed E-state index contributed by atoms with van der Waals surface area (Å²) < 4.78 is 0. The molecule has 0 spiro atoms. The van der Waals surface area contributed by atoms with Gasteiger partial charge in [0.25, 0.3) is 5.91 Å². The monoisotopic (exact) mass is 410 g/mol.